The van der Waals surface area contributed by atoms with E-state index in [4.69, 9.17) is 5.73 Å². The number of nitrogens with one attached hydrogen (secondary N) is 1. The van der Waals surface area contributed by atoms with Gasteiger partial charge in [-0.05, 0) is 35.9 Å². The van der Waals surface area contributed by atoms with E-state index in [0.29, 0.717) is 18.1 Å². The molecular weight excluding hydrogens is 295 g/mol. The van der Waals surface area contributed by atoms with Crippen molar-refractivity contribution in [3.63, 3.8) is 0 Å². The van der Waals surface area contributed by atoms with E-state index < -0.39 is 0 Å². The molecule has 3 heterocycles. The van der Waals surface area contributed by atoms with Crippen molar-refractivity contribution in [1.82, 2.24) is 24.8 Å². The third-order valence-electron chi connectivity index (χ3n) is 3.70. The summed E-state index contributed by atoms with van der Waals surface area (Å²) in [7, 11) is 0. The van der Waals surface area contributed by atoms with E-state index in [1.807, 2.05) is 18.3 Å². The molecule has 0 saturated carbocycles. The van der Waals surface area contributed by atoms with Crippen LogP contribution in [-0.4, -0.2) is 24.8 Å². The van der Waals surface area contributed by atoms with Gasteiger partial charge in [0.05, 0.1) is 11.1 Å². The van der Waals surface area contributed by atoms with Gasteiger partial charge >= 0.3 is 0 Å². The molecule has 114 valence electrons. The van der Waals surface area contributed by atoms with Crippen molar-refractivity contribution >= 4 is 5.52 Å². The van der Waals surface area contributed by atoms with E-state index in [-0.39, 0.29) is 5.82 Å². The van der Waals surface area contributed by atoms with Crippen molar-refractivity contribution < 1.29 is 4.39 Å². The molecule has 0 unspecified atom stereocenters. The van der Waals surface area contributed by atoms with Gasteiger partial charge in [-0.3, -0.25) is 5.10 Å². The normalized spacial score (nSPS) is 11.2. The predicted octanol–water partition coefficient (Wildman–Crippen LogP) is 2.38. The van der Waals surface area contributed by atoms with Crippen LogP contribution in [0.25, 0.3) is 28.2 Å². The van der Waals surface area contributed by atoms with Crippen molar-refractivity contribution in [1.29, 1.82) is 0 Å². The fourth-order valence-corrected chi connectivity index (χ4v) is 2.58. The molecule has 0 radical (unpaired) electrons. The van der Waals surface area contributed by atoms with Crippen LogP contribution in [0.4, 0.5) is 4.39 Å². The quantitative estimate of drug-likeness (QED) is 0.608. The average Bonchev–Trinajstić information content (AvgIpc) is 3.21. The number of benzene rings is 1. The summed E-state index contributed by atoms with van der Waals surface area (Å²) >= 11 is 0. The molecule has 0 fully saturated rings. The minimum atomic E-state index is -0.288. The maximum atomic E-state index is 13.2. The van der Waals surface area contributed by atoms with Crippen LogP contribution in [0.15, 0.2) is 48.9 Å². The van der Waals surface area contributed by atoms with Crippen LogP contribution in [-0.2, 0) is 6.54 Å². The Bertz CT molecular complexity index is 956. The number of nitrogens with two attached hydrogens (primary N) is 1. The molecule has 0 atom stereocenters. The first-order chi connectivity index (χ1) is 11.3. The monoisotopic (exact) mass is 308 g/mol. The fraction of sp³-hybridized carbons (Fsp3) is 0.0625. The molecule has 3 aromatic heterocycles. The molecule has 4 rings (SSSR count). The van der Waals surface area contributed by atoms with E-state index in [9.17, 15) is 4.39 Å². The number of hydrogen-bond donors (Lipinski definition) is 2. The number of nitrogens with zero attached hydrogens (tertiary/aromatic N) is 4. The molecular formula is C16H13FN6. The summed E-state index contributed by atoms with van der Waals surface area (Å²) in [5, 5.41) is 11.4. The van der Waals surface area contributed by atoms with Gasteiger partial charge in [0.25, 0.3) is 0 Å². The van der Waals surface area contributed by atoms with Crippen LogP contribution in [0, 0.1) is 5.82 Å². The summed E-state index contributed by atoms with van der Waals surface area (Å²) in [6, 6.07) is 10.1. The Kier molecular flexibility index (Phi) is 3.13. The van der Waals surface area contributed by atoms with Gasteiger partial charge in [-0.1, -0.05) is 6.07 Å². The Morgan fingerprint density at radius 2 is 1.96 bits per heavy atom. The van der Waals surface area contributed by atoms with Gasteiger partial charge < -0.3 is 5.73 Å². The van der Waals surface area contributed by atoms with Gasteiger partial charge in [-0.2, -0.15) is 10.2 Å². The van der Waals surface area contributed by atoms with Crippen LogP contribution < -0.4 is 5.73 Å². The van der Waals surface area contributed by atoms with Gasteiger partial charge in [0.2, 0.25) is 0 Å². The molecule has 6 nitrogen and oxygen atoms in total. The van der Waals surface area contributed by atoms with Crippen LogP contribution in [0.2, 0.25) is 0 Å². The van der Waals surface area contributed by atoms with E-state index >= 15 is 0 Å². The Hall–Kier alpha value is -3.06. The van der Waals surface area contributed by atoms with Crippen LogP contribution in [0.5, 0.6) is 0 Å². The fourth-order valence-electron chi connectivity index (χ4n) is 2.58. The van der Waals surface area contributed by atoms with Crippen molar-refractivity contribution in [2.24, 2.45) is 5.73 Å². The van der Waals surface area contributed by atoms with Crippen molar-refractivity contribution in [3.05, 3.63) is 60.3 Å². The third-order valence-corrected chi connectivity index (χ3v) is 3.70. The molecule has 23 heavy (non-hydrogen) atoms. The molecule has 4 aromatic rings. The Balaban J connectivity index is 2.01. The van der Waals surface area contributed by atoms with Gasteiger partial charge in [-0.25, -0.2) is 13.9 Å². The topological polar surface area (TPSA) is 84.9 Å². The van der Waals surface area contributed by atoms with Crippen molar-refractivity contribution in [2.75, 3.05) is 0 Å². The van der Waals surface area contributed by atoms with Crippen LogP contribution in [0.3, 0.4) is 0 Å². The highest BCUT2D eigenvalue weighted by molar-refractivity contribution is 5.89. The standard InChI is InChI=1S/C16H13FN6/c17-12-4-2-11(3-5-12)15-14(16-19-9-20-21-16)13-6-1-10(7-18)8-23(13)22-15/h1-6,8-9H,7,18H2,(H,19,20,21). The highest BCUT2D eigenvalue weighted by Crippen LogP contribution is 2.33. The zero-order valence-corrected chi connectivity index (χ0v) is 12.1. The lowest BCUT2D eigenvalue weighted by atomic mass is 10.1. The second-order valence-corrected chi connectivity index (χ2v) is 5.14. The smallest absolute Gasteiger partial charge is 0.159 e. The summed E-state index contributed by atoms with van der Waals surface area (Å²) in [6.07, 6.45) is 3.32. The minimum absolute atomic E-state index is 0.288. The predicted molar refractivity (Wildman–Crippen MR) is 83.9 cm³/mol. The van der Waals surface area contributed by atoms with E-state index in [2.05, 4.69) is 20.3 Å². The molecule has 0 aliphatic carbocycles. The third kappa shape index (κ3) is 2.27. The lowest BCUT2D eigenvalue weighted by molar-refractivity contribution is 0.628. The highest BCUT2D eigenvalue weighted by Gasteiger charge is 2.18. The van der Waals surface area contributed by atoms with Crippen molar-refractivity contribution in [3.8, 4) is 22.6 Å². The minimum Gasteiger partial charge on any atom is -0.326 e. The first-order valence-electron chi connectivity index (χ1n) is 7.09. The van der Waals surface area contributed by atoms with E-state index in [1.54, 1.807) is 16.6 Å². The molecule has 1 aromatic carbocycles. The number of aromatic nitrogens is 5. The number of pyridine rings is 1. The zero-order chi connectivity index (χ0) is 15.8. The Labute approximate surface area is 130 Å². The maximum absolute atomic E-state index is 13.2. The Morgan fingerprint density at radius 3 is 2.65 bits per heavy atom. The van der Waals surface area contributed by atoms with Gasteiger partial charge in [-0.15, -0.1) is 0 Å². The largest absolute Gasteiger partial charge is 0.326 e. The lowest BCUT2D eigenvalue weighted by Gasteiger charge is -2.00. The SMILES string of the molecule is NCc1ccc2c(-c3ncn[nH]3)c(-c3ccc(F)cc3)nn2c1. The first-order valence-corrected chi connectivity index (χ1v) is 7.09. The summed E-state index contributed by atoms with van der Waals surface area (Å²) < 4.78 is 15.0. The number of hydrogen-bond acceptors (Lipinski definition) is 4. The molecule has 0 aliphatic rings. The number of rotatable bonds is 3. The molecule has 0 aliphatic heterocycles. The van der Waals surface area contributed by atoms with E-state index in [1.165, 1.54) is 18.5 Å². The highest BCUT2D eigenvalue weighted by atomic mass is 19.1. The summed E-state index contributed by atoms with van der Waals surface area (Å²) in [6.45, 7) is 0.430. The summed E-state index contributed by atoms with van der Waals surface area (Å²) in [5.41, 5.74) is 9.86. The average molecular weight is 308 g/mol. The number of aromatic amines is 1. The van der Waals surface area contributed by atoms with Gasteiger partial charge in [0, 0.05) is 18.3 Å². The second kappa shape index (κ2) is 5.29. The molecule has 0 bridgehead atoms. The van der Waals surface area contributed by atoms with Crippen LogP contribution in [0.1, 0.15) is 5.56 Å². The molecule has 0 amide bonds. The van der Waals surface area contributed by atoms with Gasteiger partial charge in [0.15, 0.2) is 5.82 Å². The van der Waals surface area contributed by atoms with E-state index in [0.717, 1.165) is 22.2 Å². The number of fused-ring (bicyclic) bond motifs is 1. The zero-order valence-electron chi connectivity index (χ0n) is 12.1. The number of halogens is 1. The summed E-state index contributed by atoms with van der Waals surface area (Å²) in [5.74, 6) is 0.323. The maximum Gasteiger partial charge on any atom is 0.159 e. The van der Waals surface area contributed by atoms with Crippen molar-refractivity contribution in [2.45, 2.75) is 6.54 Å². The van der Waals surface area contributed by atoms with Crippen LogP contribution >= 0.6 is 0 Å². The molecule has 0 saturated heterocycles. The molecule has 7 heteroatoms. The lowest BCUT2D eigenvalue weighted by Crippen LogP contribution is -1.98. The van der Waals surface area contributed by atoms with Gasteiger partial charge in [0.1, 0.15) is 17.8 Å². The first kappa shape index (κ1) is 13.6. The molecule has 0 spiro atoms. The Morgan fingerprint density at radius 1 is 1.13 bits per heavy atom. The second-order valence-electron chi connectivity index (χ2n) is 5.14. The summed E-state index contributed by atoms with van der Waals surface area (Å²) in [4.78, 5) is 4.24. The number of H-pyrrole nitrogens is 1. The molecule has 3 N–H and O–H groups in total.